The lowest BCUT2D eigenvalue weighted by Crippen LogP contribution is -2.42. The van der Waals surface area contributed by atoms with Gasteiger partial charge in [-0.2, -0.15) is 0 Å². The number of nitrogens with zero attached hydrogens (tertiary/aromatic N) is 3. The van der Waals surface area contributed by atoms with E-state index in [2.05, 4.69) is 4.98 Å². The molecule has 2 aromatic heterocycles. The van der Waals surface area contributed by atoms with Crippen molar-refractivity contribution in [1.29, 1.82) is 0 Å². The van der Waals surface area contributed by atoms with Crippen LogP contribution in [0.5, 0.6) is 0 Å². The monoisotopic (exact) mass is 475 g/mol. The minimum atomic E-state index is -2.71. The molecule has 0 unspecified atom stereocenters. The third-order valence-corrected chi connectivity index (χ3v) is 5.84. The number of halogens is 3. The van der Waals surface area contributed by atoms with Crippen molar-refractivity contribution in [3.05, 3.63) is 59.2 Å². The van der Waals surface area contributed by atoms with Crippen LogP contribution >= 0.6 is 11.6 Å². The third-order valence-electron chi connectivity index (χ3n) is 5.53. The molecule has 0 spiro atoms. The maximum Gasteiger partial charge on any atom is 0.413 e. The predicted molar refractivity (Wildman–Crippen MR) is 119 cm³/mol. The maximum absolute atomic E-state index is 13.3. The second kappa shape index (κ2) is 8.82. The quantitative estimate of drug-likeness (QED) is 0.527. The molecule has 1 fully saturated rings. The van der Waals surface area contributed by atoms with E-state index in [1.54, 1.807) is 36.4 Å². The van der Waals surface area contributed by atoms with Crippen LogP contribution < -0.4 is 4.90 Å². The van der Waals surface area contributed by atoms with E-state index in [1.807, 2.05) is 0 Å². The Morgan fingerprint density at radius 1 is 1.15 bits per heavy atom. The van der Waals surface area contributed by atoms with E-state index in [9.17, 15) is 18.4 Å². The largest absolute Gasteiger partial charge is 0.465 e. The van der Waals surface area contributed by atoms with Gasteiger partial charge < -0.3 is 14.4 Å². The Bertz CT molecular complexity index is 1190. The fourth-order valence-electron chi connectivity index (χ4n) is 3.53. The van der Waals surface area contributed by atoms with Gasteiger partial charge in [0.1, 0.15) is 5.76 Å². The Labute approximate surface area is 193 Å². The van der Waals surface area contributed by atoms with Crippen molar-refractivity contribution in [3.8, 4) is 22.6 Å². The van der Waals surface area contributed by atoms with Crippen LogP contribution in [-0.4, -0.2) is 53.1 Å². The summed E-state index contributed by atoms with van der Waals surface area (Å²) in [4.78, 5) is 30.4. The Hall–Kier alpha value is -3.46. The van der Waals surface area contributed by atoms with Gasteiger partial charge >= 0.3 is 6.09 Å². The number of carbonyl (C=O) groups excluding carboxylic acids is 1. The van der Waals surface area contributed by atoms with Crippen molar-refractivity contribution < 1.29 is 27.9 Å². The van der Waals surface area contributed by atoms with Gasteiger partial charge in [-0.15, -0.1) is 0 Å². The summed E-state index contributed by atoms with van der Waals surface area (Å²) in [5.41, 5.74) is 2.20. The first-order chi connectivity index (χ1) is 15.6. The summed E-state index contributed by atoms with van der Waals surface area (Å²) in [6.45, 7) is 0.0306. The smallest absolute Gasteiger partial charge is 0.413 e. The molecule has 33 heavy (non-hydrogen) atoms. The fraction of sp³-hybridized carbons (Fsp3) is 0.261. The summed E-state index contributed by atoms with van der Waals surface area (Å²) < 4.78 is 32.2. The second-order valence-corrected chi connectivity index (χ2v) is 8.16. The summed E-state index contributed by atoms with van der Waals surface area (Å²) >= 11 is 6.43. The zero-order valence-electron chi connectivity index (χ0n) is 17.6. The molecule has 7 nitrogen and oxygen atoms in total. The molecular formula is C23H20ClF2N3O4. The summed E-state index contributed by atoms with van der Waals surface area (Å²) in [7, 11) is 1.37. The van der Waals surface area contributed by atoms with Crippen LogP contribution in [0.4, 0.5) is 19.5 Å². The van der Waals surface area contributed by atoms with Crippen molar-refractivity contribution in [3.63, 3.8) is 0 Å². The van der Waals surface area contributed by atoms with E-state index in [-0.39, 0.29) is 37.7 Å². The topological polar surface area (TPSA) is 86.9 Å². The molecule has 0 radical (unpaired) electrons. The molecule has 3 aromatic rings. The van der Waals surface area contributed by atoms with Crippen LogP contribution in [0.15, 0.2) is 53.1 Å². The molecule has 1 aliphatic heterocycles. The van der Waals surface area contributed by atoms with Gasteiger partial charge in [-0.3, -0.25) is 14.7 Å². The molecule has 0 saturated carbocycles. The average Bonchev–Trinajstić information content (AvgIpc) is 3.28. The molecule has 3 heterocycles. The number of alkyl halides is 2. The minimum Gasteiger partial charge on any atom is -0.465 e. The van der Waals surface area contributed by atoms with E-state index >= 15 is 0 Å². The van der Waals surface area contributed by atoms with Gasteiger partial charge in [0.25, 0.3) is 11.8 Å². The highest BCUT2D eigenvalue weighted by Gasteiger charge is 2.35. The zero-order valence-corrected chi connectivity index (χ0v) is 18.4. The van der Waals surface area contributed by atoms with E-state index in [1.165, 1.54) is 24.2 Å². The third kappa shape index (κ3) is 4.83. The van der Waals surface area contributed by atoms with Gasteiger partial charge in [-0.25, -0.2) is 13.6 Å². The first-order valence-corrected chi connectivity index (χ1v) is 10.5. The van der Waals surface area contributed by atoms with Gasteiger partial charge in [-0.05, 0) is 30.3 Å². The molecule has 1 saturated heterocycles. The number of rotatable bonds is 4. The van der Waals surface area contributed by atoms with Crippen molar-refractivity contribution >= 4 is 29.5 Å². The summed E-state index contributed by atoms with van der Waals surface area (Å²) in [5, 5.41) is 9.44. The highest BCUT2D eigenvalue weighted by molar-refractivity contribution is 6.33. The molecule has 0 bridgehead atoms. The molecule has 0 atom stereocenters. The number of likely N-dealkylation sites (tertiary alicyclic amines) is 1. The molecular weight excluding hydrogens is 456 g/mol. The zero-order chi connectivity index (χ0) is 23.8. The van der Waals surface area contributed by atoms with Gasteiger partial charge in [0, 0.05) is 56.4 Å². The van der Waals surface area contributed by atoms with Crippen molar-refractivity contribution in [2.75, 3.05) is 25.0 Å². The van der Waals surface area contributed by atoms with E-state index in [0.29, 0.717) is 33.2 Å². The minimum absolute atomic E-state index is 0.0153. The number of hydrogen-bond acceptors (Lipinski definition) is 4. The average molecular weight is 476 g/mol. The lowest BCUT2D eigenvalue weighted by Gasteiger charge is -2.31. The van der Waals surface area contributed by atoms with Crippen LogP contribution in [0.3, 0.4) is 0 Å². The normalized spacial score (nSPS) is 15.3. The van der Waals surface area contributed by atoms with Crippen molar-refractivity contribution in [1.82, 2.24) is 9.88 Å². The number of carboxylic acid groups (broad SMARTS) is 1. The lowest BCUT2D eigenvalue weighted by molar-refractivity contribution is -0.0494. The van der Waals surface area contributed by atoms with Crippen LogP contribution in [0.1, 0.15) is 23.2 Å². The Morgan fingerprint density at radius 2 is 1.88 bits per heavy atom. The molecule has 1 aliphatic rings. The fourth-order valence-corrected chi connectivity index (χ4v) is 3.81. The molecule has 172 valence electrons. The summed E-state index contributed by atoms with van der Waals surface area (Å²) in [6.07, 6.45) is -0.395. The summed E-state index contributed by atoms with van der Waals surface area (Å²) in [6, 6.07) is 11.6. The Balaban J connectivity index is 1.49. The number of amides is 2. The van der Waals surface area contributed by atoms with E-state index in [0.717, 1.165) is 4.90 Å². The number of benzene rings is 1. The highest BCUT2D eigenvalue weighted by atomic mass is 35.5. The van der Waals surface area contributed by atoms with Crippen molar-refractivity contribution in [2.45, 2.75) is 18.8 Å². The molecule has 1 aromatic carbocycles. The molecule has 0 aliphatic carbocycles. The number of carbonyl (C=O) groups is 2. The van der Waals surface area contributed by atoms with Crippen LogP contribution in [0, 0.1) is 0 Å². The number of hydrogen-bond donors (Lipinski definition) is 1. The van der Waals surface area contributed by atoms with Gasteiger partial charge in [-0.1, -0.05) is 17.7 Å². The number of piperidine rings is 1. The number of anilines is 1. The predicted octanol–water partition coefficient (Wildman–Crippen LogP) is 5.65. The van der Waals surface area contributed by atoms with Crippen LogP contribution in [-0.2, 0) is 0 Å². The van der Waals surface area contributed by atoms with Gasteiger partial charge in [0.15, 0.2) is 0 Å². The van der Waals surface area contributed by atoms with Crippen LogP contribution in [0.25, 0.3) is 22.6 Å². The van der Waals surface area contributed by atoms with E-state index < -0.39 is 12.0 Å². The van der Waals surface area contributed by atoms with Crippen LogP contribution in [0.2, 0.25) is 5.02 Å². The maximum atomic E-state index is 13.3. The number of aromatic nitrogens is 1. The van der Waals surface area contributed by atoms with Gasteiger partial charge in [0.2, 0.25) is 5.88 Å². The van der Waals surface area contributed by atoms with Crippen molar-refractivity contribution in [2.24, 2.45) is 0 Å². The molecule has 1 N–H and O–H groups in total. The molecule has 10 heteroatoms. The first kappa shape index (κ1) is 22.7. The SMILES string of the molecule is CN(C(=O)O)c1ccc(-c2ccc(-c3ccc(C(=O)N4CCC(F)(F)CC4)cn3)cc2Cl)o1. The number of pyridine rings is 1. The standard InChI is InChI=1S/C23H20ClF2N3O4/c1-28(22(31)32)20-7-6-19(33-20)16-4-2-14(12-17(16)24)18-5-3-15(13-27-18)21(30)29-10-8-23(25,26)9-11-29/h2-7,12-13H,8-11H2,1H3,(H,31,32). The Kier molecular flexibility index (Phi) is 6.07. The highest BCUT2D eigenvalue weighted by Crippen LogP contribution is 2.34. The first-order valence-electron chi connectivity index (χ1n) is 10.1. The summed E-state index contributed by atoms with van der Waals surface area (Å²) in [5.74, 6) is -2.46. The molecule has 4 rings (SSSR count). The Morgan fingerprint density at radius 3 is 2.48 bits per heavy atom. The van der Waals surface area contributed by atoms with E-state index in [4.69, 9.17) is 21.1 Å². The number of furan rings is 1. The van der Waals surface area contributed by atoms with Gasteiger partial charge in [0.05, 0.1) is 16.3 Å². The lowest BCUT2D eigenvalue weighted by atomic mass is 10.0. The second-order valence-electron chi connectivity index (χ2n) is 7.75. The molecule has 2 amide bonds.